The number of H-pyrrole nitrogens is 1. The van der Waals surface area contributed by atoms with Gasteiger partial charge >= 0.3 is 0 Å². The van der Waals surface area contributed by atoms with Crippen molar-refractivity contribution in [2.45, 2.75) is 9.79 Å². The lowest BCUT2D eigenvalue weighted by Gasteiger charge is -2.05. The lowest BCUT2D eigenvalue weighted by Crippen LogP contribution is -2.12. The van der Waals surface area contributed by atoms with Gasteiger partial charge in [0.1, 0.15) is 5.69 Å². The minimum absolute atomic E-state index is 0.362. The Balaban J connectivity index is 2.20. The zero-order chi connectivity index (χ0) is 15.0. The number of primary amides is 1. The van der Waals surface area contributed by atoms with E-state index in [4.69, 9.17) is 23.1 Å². The molecular formula is C15H12ClN3OS. The highest BCUT2D eigenvalue weighted by atomic mass is 35.5. The fourth-order valence-corrected chi connectivity index (χ4v) is 3.36. The molecule has 0 aliphatic carbocycles. The molecule has 0 radical (unpaired) electrons. The maximum Gasteiger partial charge on any atom is 0.266 e. The quantitative estimate of drug-likeness (QED) is 0.644. The third kappa shape index (κ3) is 2.57. The van der Waals surface area contributed by atoms with Crippen LogP contribution in [0.1, 0.15) is 10.5 Å². The zero-order valence-corrected chi connectivity index (χ0v) is 12.5. The predicted molar refractivity (Wildman–Crippen MR) is 86.8 cm³/mol. The van der Waals surface area contributed by atoms with Crippen LogP contribution in [0.15, 0.2) is 52.3 Å². The third-order valence-electron chi connectivity index (χ3n) is 3.09. The van der Waals surface area contributed by atoms with Gasteiger partial charge in [-0.2, -0.15) is 0 Å². The van der Waals surface area contributed by atoms with Crippen LogP contribution in [0.4, 0.5) is 5.69 Å². The summed E-state index contributed by atoms with van der Waals surface area (Å²) in [5.41, 5.74) is 13.2. The first kappa shape index (κ1) is 13.9. The molecule has 1 aromatic heterocycles. The molecule has 2 aromatic carbocycles. The number of nitrogen functional groups attached to an aromatic ring is 1. The van der Waals surface area contributed by atoms with Crippen LogP contribution in [0, 0.1) is 0 Å². The van der Waals surface area contributed by atoms with E-state index in [0.29, 0.717) is 16.4 Å². The number of aromatic nitrogens is 1. The molecule has 0 aliphatic heterocycles. The first-order valence-electron chi connectivity index (χ1n) is 6.19. The summed E-state index contributed by atoms with van der Waals surface area (Å²) in [6, 6.07) is 12.9. The van der Waals surface area contributed by atoms with Crippen LogP contribution in [0.5, 0.6) is 0 Å². The topological polar surface area (TPSA) is 84.9 Å². The van der Waals surface area contributed by atoms with Crippen molar-refractivity contribution in [2.75, 3.05) is 5.73 Å². The fourth-order valence-electron chi connectivity index (χ4n) is 2.10. The van der Waals surface area contributed by atoms with E-state index >= 15 is 0 Å². The second-order valence-electron chi connectivity index (χ2n) is 4.52. The van der Waals surface area contributed by atoms with Gasteiger partial charge in [-0.3, -0.25) is 4.79 Å². The number of para-hydroxylation sites is 1. The van der Waals surface area contributed by atoms with Crippen LogP contribution in [0.3, 0.4) is 0 Å². The Morgan fingerprint density at radius 1 is 1.19 bits per heavy atom. The van der Waals surface area contributed by atoms with E-state index in [1.165, 1.54) is 11.8 Å². The minimum atomic E-state index is -0.515. The Bertz CT molecular complexity index is 844. The largest absolute Gasteiger partial charge is 0.398 e. The molecule has 6 heteroatoms. The van der Waals surface area contributed by atoms with Gasteiger partial charge in [0, 0.05) is 26.5 Å². The maximum atomic E-state index is 11.7. The number of hydrogen-bond donors (Lipinski definition) is 3. The monoisotopic (exact) mass is 317 g/mol. The second kappa shape index (κ2) is 5.35. The summed E-state index contributed by atoms with van der Waals surface area (Å²) in [6.45, 7) is 0. The summed E-state index contributed by atoms with van der Waals surface area (Å²) < 4.78 is 0. The van der Waals surface area contributed by atoms with Crippen molar-refractivity contribution in [3.05, 3.63) is 53.2 Å². The summed E-state index contributed by atoms with van der Waals surface area (Å²) in [5, 5.41) is 1.45. The molecule has 0 fully saturated rings. The Morgan fingerprint density at radius 2 is 1.95 bits per heavy atom. The average molecular weight is 318 g/mol. The number of fused-ring (bicyclic) bond motifs is 1. The normalized spacial score (nSPS) is 10.9. The highest BCUT2D eigenvalue weighted by Gasteiger charge is 2.17. The molecule has 0 atom stereocenters. The zero-order valence-electron chi connectivity index (χ0n) is 10.9. The number of anilines is 1. The van der Waals surface area contributed by atoms with Gasteiger partial charge in [0.2, 0.25) is 0 Å². The van der Waals surface area contributed by atoms with E-state index in [1.807, 2.05) is 30.3 Å². The Labute approximate surface area is 130 Å². The molecule has 0 bridgehead atoms. The molecule has 1 heterocycles. The number of nitrogens with two attached hydrogens (primary N) is 2. The predicted octanol–water partition coefficient (Wildman–Crippen LogP) is 3.65. The van der Waals surface area contributed by atoms with Crippen molar-refractivity contribution in [1.29, 1.82) is 0 Å². The molecule has 21 heavy (non-hydrogen) atoms. The summed E-state index contributed by atoms with van der Waals surface area (Å²) in [6.07, 6.45) is 0. The minimum Gasteiger partial charge on any atom is -0.398 e. The lowest BCUT2D eigenvalue weighted by atomic mass is 10.2. The molecule has 0 spiro atoms. The molecule has 106 valence electrons. The molecule has 3 rings (SSSR count). The van der Waals surface area contributed by atoms with Crippen LogP contribution in [-0.4, -0.2) is 10.9 Å². The Morgan fingerprint density at radius 3 is 2.67 bits per heavy atom. The van der Waals surface area contributed by atoms with E-state index < -0.39 is 5.91 Å². The van der Waals surface area contributed by atoms with Crippen LogP contribution in [0.25, 0.3) is 10.9 Å². The SMILES string of the molecule is NC(=O)c1[nH]c2ccc(Cl)cc2c1Sc1ccccc1N. The number of aromatic amines is 1. The van der Waals surface area contributed by atoms with Crippen molar-refractivity contribution in [3.63, 3.8) is 0 Å². The Kier molecular flexibility index (Phi) is 3.53. The van der Waals surface area contributed by atoms with E-state index in [-0.39, 0.29) is 0 Å². The highest BCUT2D eigenvalue weighted by Crippen LogP contribution is 2.39. The molecule has 5 N–H and O–H groups in total. The van der Waals surface area contributed by atoms with E-state index in [0.717, 1.165) is 20.7 Å². The van der Waals surface area contributed by atoms with Gasteiger partial charge in [0.15, 0.2) is 0 Å². The summed E-state index contributed by atoms with van der Waals surface area (Å²) in [4.78, 5) is 16.3. The number of benzene rings is 2. The number of carbonyl (C=O) groups is 1. The summed E-state index contributed by atoms with van der Waals surface area (Å²) in [5.74, 6) is -0.515. The van der Waals surface area contributed by atoms with Gasteiger partial charge in [0.05, 0.1) is 4.90 Å². The van der Waals surface area contributed by atoms with Crippen LogP contribution in [0.2, 0.25) is 5.02 Å². The molecule has 0 saturated heterocycles. The number of halogens is 1. The standard InChI is InChI=1S/C15H12ClN3OS/c16-8-5-6-11-9(7-8)14(13(19-11)15(18)20)21-12-4-2-1-3-10(12)17/h1-7,19H,17H2,(H2,18,20). The fraction of sp³-hybridized carbons (Fsp3) is 0. The van der Waals surface area contributed by atoms with Gasteiger partial charge in [-0.05, 0) is 30.3 Å². The number of nitrogens with one attached hydrogen (secondary N) is 1. The van der Waals surface area contributed by atoms with Gasteiger partial charge in [-0.15, -0.1) is 0 Å². The number of amides is 1. The third-order valence-corrected chi connectivity index (χ3v) is 4.55. The van der Waals surface area contributed by atoms with Crippen LogP contribution in [-0.2, 0) is 0 Å². The second-order valence-corrected chi connectivity index (χ2v) is 6.01. The average Bonchev–Trinajstić information content (AvgIpc) is 2.80. The molecule has 1 amide bonds. The van der Waals surface area contributed by atoms with Gasteiger partial charge < -0.3 is 16.5 Å². The van der Waals surface area contributed by atoms with Crippen molar-refractivity contribution in [1.82, 2.24) is 4.98 Å². The summed E-state index contributed by atoms with van der Waals surface area (Å²) >= 11 is 7.45. The van der Waals surface area contributed by atoms with Crippen molar-refractivity contribution in [3.8, 4) is 0 Å². The summed E-state index contributed by atoms with van der Waals surface area (Å²) in [7, 11) is 0. The van der Waals surface area contributed by atoms with E-state index in [2.05, 4.69) is 4.98 Å². The Hall–Kier alpha value is -2.11. The molecule has 0 unspecified atom stereocenters. The molecule has 0 aliphatic rings. The highest BCUT2D eigenvalue weighted by molar-refractivity contribution is 7.99. The van der Waals surface area contributed by atoms with E-state index in [9.17, 15) is 4.79 Å². The number of rotatable bonds is 3. The van der Waals surface area contributed by atoms with Crippen molar-refractivity contribution >= 4 is 45.9 Å². The van der Waals surface area contributed by atoms with Gasteiger partial charge in [-0.25, -0.2) is 0 Å². The number of carbonyl (C=O) groups excluding carboxylic acids is 1. The smallest absolute Gasteiger partial charge is 0.266 e. The number of hydrogen-bond acceptors (Lipinski definition) is 3. The first-order chi connectivity index (χ1) is 10.1. The van der Waals surface area contributed by atoms with Crippen LogP contribution < -0.4 is 11.5 Å². The molecule has 0 saturated carbocycles. The van der Waals surface area contributed by atoms with E-state index in [1.54, 1.807) is 12.1 Å². The molecular weight excluding hydrogens is 306 g/mol. The molecule has 3 aromatic rings. The lowest BCUT2D eigenvalue weighted by molar-refractivity contribution is 0.0993. The maximum absolute atomic E-state index is 11.7. The van der Waals surface area contributed by atoms with Crippen LogP contribution >= 0.6 is 23.4 Å². The van der Waals surface area contributed by atoms with Gasteiger partial charge in [-0.1, -0.05) is 35.5 Å². The first-order valence-corrected chi connectivity index (χ1v) is 7.39. The van der Waals surface area contributed by atoms with Crippen molar-refractivity contribution in [2.24, 2.45) is 5.73 Å². The molecule has 4 nitrogen and oxygen atoms in total. The van der Waals surface area contributed by atoms with Crippen molar-refractivity contribution < 1.29 is 4.79 Å². The van der Waals surface area contributed by atoms with Gasteiger partial charge in [0.25, 0.3) is 5.91 Å².